The molecule has 0 aromatic carbocycles. The second-order valence-electron chi connectivity index (χ2n) is 3.39. The standard InChI is InChI=1S/C10H14N4O2S/c1-3-5-14-8(12)7(17-6-11)9(15)13(4-2)10(14)16/h3-5,12H2,1-2H3. The van der Waals surface area contributed by atoms with E-state index in [4.69, 9.17) is 11.0 Å². The summed E-state index contributed by atoms with van der Waals surface area (Å²) in [5.74, 6) is 0.0816. The van der Waals surface area contributed by atoms with Crippen LogP contribution >= 0.6 is 11.8 Å². The summed E-state index contributed by atoms with van der Waals surface area (Å²) in [6.45, 7) is 4.31. The van der Waals surface area contributed by atoms with Crippen molar-refractivity contribution in [1.82, 2.24) is 9.13 Å². The Hall–Kier alpha value is -1.68. The lowest BCUT2D eigenvalue weighted by atomic mass is 10.4. The molecular formula is C10H14N4O2S. The van der Waals surface area contributed by atoms with Crippen LogP contribution in [0.1, 0.15) is 20.3 Å². The van der Waals surface area contributed by atoms with Crippen LogP contribution in [0.15, 0.2) is 14.5 Å². The fourth-order valence-electron chi connectivity index (χ4n) is 1.55. The molecule has 0 aliphatic heterocycles. The third kappa shape index (κ3) is 2.36. The first-order valence-corrected chi connectivity index (χ1v) is 6.09. The minimum atomic E-state index is -0.492. The number of thioether (sulfide) groups is 1. The Morgan fingerprint density at radius 3 is 2.47 bits per heavy atom. The number of aromatic nitrogens is 2. The molecule has 0 atom stereocenters. The van der Waals surface area contributed by atoms with Crippen LogP contribution in [0.5, 0.6) is 0 Å². The zero-order valence-electron chi connectivity index (χ0n) is 9.77. The summed E-state index contributed by atoms with van der Waals surface area (Å²) < 4.78 is 2.43. The van der Waals surface area contributed by atoms with Gasteiger partial charge in [0.1, 0.15) is 16.1 Å². The number of anilines is 1. The van der Waals surface area contributed by atoms with Gasteiger partial charge in [-0.1, -0.05) is 6.92 Å². The zero-order chi connectivity index (χ0) is 13.0. The molecule has 0 spiro atoms. The summed E-state index contributed by atoms with van der Waals surface area (Å²) in [5.41, 5.74) is 4.85. The number of thiocyanates is 1. The van der Waals surface area contributed by atoms with Crippen LogP contribution in [0, 0.1) is 10.7 Å². The number of nitriles is 1. The van der Waals surface area contributed by atoms with Crippen molar-refractivity contribution in [2.45, 2.75) is 38.3 Å². The summed E-state index contributed by atoms with van der Waals surface area (Å²) in [4.78, 5) is 24.0. The fraction of sp³-hybridized carbons (Fsp3) is 0.500. The molecule has 0 aliphatic carbocycles. The predicted octanol–water partition coefficient (Wildman–Crippen LogP) is 0.595. The highest BCUT2D eigenvalue weighted by atomic mass is 32.2. The van der Waals surface area contributed by atoms with Crippen LogP contribution in [-0.4, -0.2) is 9.13 Å². The van der Waals surface area contributed by atoms with Gasteiger partial charge < -0.3 is 5.73 Å². The Bertz CT molecular complexity index is 567. The second kappa shape index (κ2) is 5.59. The Balaban J connectivity index is 3.64. The highest BCUT2D eigenvalue weighted by Crippen LogP contribution is 2.18. The lowest BCUT2D eigenvalue weighted by Gasteiger charge is -2.13. The van der Waals surface area contributed by atoms with Crippen molar-refractivity contribution in [1.29, 1.82) is 5.26 Å². The summed E-state index contributed by atoms with van der Waals surface area (Å²) in [6.07, 6.45) is 0.725. The topological polar surface area (TPSA) is 93.8 Å². The second-order valence-corrected chi connectivity index (χ2v) is 4.19. The molecule has 6 nitrogen and oxygen atoms in total. The summed E-state index contributed by atoms with van der Waals surface area (Å²) in [7, 11) is 0. The Labute approximate surface area is 103 Å². The van der Waals surface area contributed by atoms with Crippen LogP contribution < -0.4 is 17.0 Å². The van der Waals surface area contributed by atoms with Crippen molar-refractivity contribution in [3.05, 3.63) is 20.8 Å². The van der Waals surface area contributed by atoms with Gasteiger partial charge in [-0.25, -0.2) is 4.79 Å². The van der Waals surface area contributed by atoms with Crippen molar-refractivity contribution in [2.24, 2.45) is 0 Å². The van der Waals surface area contributed by atoms with Gasteiger partial charge in [0.2, 0.25) is 0 Å². The van der Waals surface area contributed by atoms with E-state index in [1.165, 1.54) is 4.57 Å². The average Bonchev–Trinajstić information content (AvgIpc) is 2.31. The van der Waals surface area contributed by atoms with E-state index in [9.17, 15) is 9.59 Å². The van der Waals surface area contributed by atoms with Crippen LogP contribution in [0.3, 0.4) is 0 Å². The van der Waals surface area contributed by atoms with E-state index in [-0.39, 0.29) is 17.3 Å². The Kier molecular flexibility index (Phi) is 4.40. The van der Waals surface area contributed by atoms with Gasteiger partial charge in [0.05, 0.1) is 0 Å². The van der Waals surface area contributed by atoms with E-state index >= 15 is 0 Å². The van der Waals surface area contributed by atoms with Crippen LogP contribution in [0.2, 0.25) is 0 Å². The van der Waals surface area contributed by atoms with Gasteiger partial charge in [-0.2, -0.15) is 5.26 Å². The van der Waals surface area contributed by atoms with E-state index in [2.05, 4.69) is 0 Å². The molecule has 0 saturated carbocycles. The van der Waals surface area contributed by atoms with Crippen molar-refractivity contribution >= 4 is 17.6 Å². The average molecular weight is 254 g/mol. The van der Waals surface area contributed by atoms with E-state index in [0.29, 0.717) is 18.3 Å². The van der Waals surface area contributed by atoms with Gasteiger partial charge in [-0.15, -0.1) is 0 Å². The van der Waals surface area contributed by atoms with Crippen LogP contribution in [-0.2, 0) is 13.1 Å². The van der Waals surface area contributed by atoms with E-state index < -0.39 is 11.2 Å². The molecule has 1 aromatic rings. The molecule has 0 unspecified atom stereocenters. The minimum Gasteiger partial charge on any atom is -0.384 e. The van der Waals surface area contributed by atoms with Crippen molar-refractivity contribution in [3.8, 4) is 5.40 Å². The minimum absolute atomic E-state index is 0.0816. The zero-order valence-corrected chi connectivity index (χ0v) is 10.6. The monoisotopic (exact) mass is 254 g/mol. The lowest BCUT2D eigenvalue weighted by Crippen LogP contribution is -2.41. The third-order valence-corrected chi connectivity index (χ3v) is 3.01. The first kappa shape index (κ1) is 13.4. The number of hydrogen-bond acceptors (Lipinski definition) is 5. The van der Waals surface area contributed by atoms with E-state index in [0.717, 1.165) is 11.0 Å². The summed E-state index contributed by atoms with van der Waals surface area (Å²) in [5, 5.41) is 10.5. The fourth-order valence-corrected chi connectivity index (χ4v) is 2.05. The SMILES string of the molecule is CCCn1c(N)c(SC#N)c(=O)n(CC)c1=O. The lowest BCUT2D eigenvalue weighted by molar-refractivity contribution is 0.556. The number of nitrogens with zero attached hydrogens (tertiary/aromatic N) is 3. The first-order chi connectivity index (χ1) is 8.08. The molecule has 1 aromatic heterocycles. The largest absolute Gasteiger partial charge is 0.384 e. The van der Waals surface area contributed by atoms with E-state index in [1.807, 2.05) is 12.3 Å². The number of nitrogens with two attached hydrogens (primary N) is 1. The summed E-state index contributed by atoms with van der Waals surface area (Å²) in [6, 6.07) is 0. The molecule has 0 fully saturated rings. The predicted molar refractivity (Wildman–Crippen MR) is 66.8 cm³/mol. The van der Waals surface area contributed by atoms with Gasteiger partial charge >= 0.3 is 5.69 Å². The molecular weight excluding hydrogens is 240 g/mol. The summed E-state index contributed by atoms with van der Waals surface area (Å²) >= 11 is 0.694. The molecule has 0 aliphatic rings. The highest BCUT2D eigenvalue weighted by Gasteiger charge is 2.16. The molecule has 17 heavy (non-hydrogen) atoms. The number of hydrogen-bond donors (Lipinski definition) is 1. The van der Waals surface area contributed by atoms with Gasteiger partial charge in [0.15, 0.2) is 0 Å². The van der Waals surface area contributed by atoms with Gasteiger partial charge in [-0.05, 0) is 25.1 Å². The van der Waals surface area contributed by atoms with E-state index in [1.54, 1.807) is 6.92 Å². The normalized spacial score (nSPS) is 10.2. The first-order valence-electron chi connectivity index (χ1n) is 5.27. The molecule has 92 valence electrons. The van der Waals surface area contributed by atoms with Crippen molar-refractivity contribution in [2.75, 3.05) is 5.73 Å². The quantitative estimate of drug-likeness (QED) is 0.627. The molecule has 0 bridgehead atoms. The van der Waals surface area contributed by atoms with Crippen LogP contribution in [0.25, 0.3) is 0 Å². The maximum absolute atomic E-state index is 11.9. The molecule has 0 radical (unpaired) electrons. The number of nitrogen functional groups attached to an aromatic ring is 1. The van der Waals surface area contributed by atoms with Crippen molar-refractivity contribution in [3.63, 3.8) is 0 Å². The maximum atomic E-state index is 11.9. The molecule has 2 N–H and O–H groups in total. The highest BCUT2D eigenvalue weighted by molar-refractivity contribution is 8.03. The molecule has 7 heteroatoms. The van der Waals surface area contributed by atoms with Gasteiger partial charge in [0, 0.05) is 13.1 Å². The van der Waals surface area contributed by atoms with Gasteiger partial charge in [-0.3, -0.25) is 13.9 Å². The molecule has 0 amide bonds. The maximum Gasteiger partial charge on any atom is 0.332 e. The third-order valence-electron chi connectivity index (χ3n) is 2.34. The molecule has 1 rings (SSSR count). The Morgan fingerprint density at radius 1 is 1.35 bits per heavy atom. The van der Waals surface area contributed by atoms with Crippen molar-refractivity contribution < 1.29 is 0 Å². The molecule has 1 heterocycles. The smallest absolute Gasteiger partial charge is 0.332 e. The molecule has 0 saturated heterocycles. The Morgan fingerprint density at radius 2 is 2.00 bits per heavy atom. The number of rotatable bonds is 4. The van der Waals surface area contributed by atoms with Crippen LogP contribution in [0.4, 0.5) is 5.82 Å². The van der Waals surface area contributed by atoms with Gasteiger partial charge in [0.25, 0.3) is 5.56 Å².